The molecule has 1 unspecified atom stereocenters. The fraction of sp³-hybridized carbons (Fsp3) is 0.778. The fourth-order valence-corrected chi connectivity index (χ4v) is 0.968. The molecule has 0 heterocycles. The molecule has 0 bridgehead atoms. The third-order valence-electron chi connectivity index (χ3n) is 1.61. The molecule has 0 rings (SSSR count). The first-order valence-corrected chi connectivity index (χ1v) is 4.66. The molecule has 6 nitrogen and oxygen atoms in total. The summed E-state index contributed by atoms with van der Waals surface area (Å²) in [6.45, 7) is 2.41. The molecule has 0 aromatic heterocycles. The van der Waals surface area contributed by atoms with E-state index in [9.17, 15) is 9.59 Å². The van der Waals surface area contributed by atoms with Crippen molar-refractivity contribution in [2.45, 2.75) is 13.0 Å². The van der Waals surface area contributed by atoms with Crippen LogP contribution in [0.4, 0.5) is 0 Å². The largest absolute Gasteiger partial charge is 0.468 e. The Morgan fingerprint density at radius 2 is 1.93 bits per heavy atom. The molecule has 0 aromatic carbocycles. The average molecular weight is 218 g/mol. The van der Waals surface area contributed by atoms with Crippen molar-refractivity contribution in [3.63, 3.8) is 0 Å². The minimum atomic E-state index is -0.396. The molecule has 0 saturated heterocycles. The zero-order chi connectivity index (χ0) is 11.7. The van der Waals surface area contributed by atoms with Crippen molar-refractivity contribution in [2.24, 2.45) is 0 Å². The number of carbonyl (C=O) groups excluding carboxylic acids is 2. The number of rotatable bonds is 7. The second-order valence-corrected chi connectivity index (χ2v) is 3.10. The summed E-state index contributed by atoms with van der Waals surface area (Å²) >= 11 is 0. The Balaban J connectivity index is 3.53. The predicted octanol–water partition coefficient (Wildman–Crippen LogP) is -1.10. The Labute approximate surface area is 89.3 Å². The van der Waals surface area contributed by atoms with Gasteiger partial charge in [0.1, 0.15) is 0 Å². The molecule has 88 valence electrons. The van der Waals surface area contributed by atoms with Crippen LogP contribution in [0.5, 0.6) is 0 Å². The summed E-state index contributed by atoms with van der Waals surface area (Å²) < 4.78 is 9.25. The van der Waals surface area contributed by atoms with Gasteiger partial charge in [0.05, 0.1) is 26.8 Å². The van der Waals surface area contributed by atoms with E-state index in [0.29, 0.717) is 6.61 Å². The maximum Gasteiger partial charge on any atom is 0.319 e. The van der Waals surface area contributed by atoms with Crippen molar-refractivity contribution in [3.05, 3.63) is 0 Å². The van der Waals surface area contributed by atoms with Crippen LogP contribution in [0.15, 0.2) is 0 Å². The molecule has 15 heavy (non-hydrogen) atoms. The van der Waals surface area contributed by atoms with Crippen LogP contribution >= 0.6 is 0 Å². The quantitative estimate of drug-likeness (QED) is 0.530. The third kappa shape index (κ3) is 7.90. The van der Waals surface area contributed by atoms with Crippen LogP contribution in [-0.2, 0) is 19.1 Å². The number of hydrogen-bond donors (Lipinski definition) is 2. The van der Waals surface area contributed by atoms with Crippen LogP contribution in [0.1, 0.15) is 6.92 Å². The normalized spacial score (nSPS) is 11.9. The van der Waals surface area contributed by atoms with Gasteiger partial charge in [-0.05, 0) is 6.92 Å². The fourth-order valence-electron chi connectivity index (χ4n) is 0.968. The first-order chi connectivity index (χ1) is 7.10. The number of ether oxygens (including phenoxy) is 2. The van der Waals surface area contributed by atoms with Gasteiger partial charge in [0, 0.05) is 13.2 Å². The second kappa shape index (κ2) is 8.19. The van der Waals surface area contributed by atoms with Crippen LogP contribution in [0, 0.1) is 0 Å². The van der Waals surface area contributed by atoms with Crippen molar-refractivity contribution in [1.82, 2.24) is 10.6 Å². The van der Waals surface area contributed by atoms with Gasteiger partial charge in [-0.25, -0.2) is 0 Å². The molecule has 0 aliphatic carbocycles. The summed E-state index contributed by atoms with van der Waals surface area (Å²) in [7, 11) is 2.86. The molecule has 0 saturated carbocycles. The van der Waals surface area contributed by atoms with Gasteiger partial charge < -0.3 is 14.8 Å². The Bertz CT molecular complexity index is 208. The van der Waals surface area contributed by atoms with E-state index in [4.69, 9.17) is 4.74 Å². The van der Waals surface area contributed by atoms with Gasteiger partial charge in [0.15, 0.2) is 0 Å². The molecule has 0 aliphatic heterocycles. The standard InChI is InChI=1S/C9H18N2O4/c1-7(6-14-2)11-8(12)4-10-5-9(13)15-3/h7,10H,4-6H2,1-3H3,(H,11,12). The Morgan fingerprint density at radius 3 is 2.47 bits per heavy atom. The maximum atomic E-state index is 11.2. The molecule has 0 spiro atoms. The topological polar surface area (TPSA) is 76.7 Å². The van der Waals surface area contributed by atoms with E-state index in [1.54, 1.807) is 7.11 Å². The van der Waals surface area contributed by atoms with E-state index in [-0.39, 0.29) is 25.0 Å². The molecule has 0 radical (unpaired) electrons. The van der Waals surface area contributed by atoms with Crippen molar-refractivity contribution in [3.8, 4) is 0 Å². The molecule has 1 atom stereocenters. The monoisotopic (exact) mass is 218 g/mol. The van der Waals surface area contributed by atoms with E-state index in [2.05, 4.69) is 15.4 Å². The molecule has 2 N–H and O–H groups in total. The lowest BCUT2D eigenvalue weighted by Gasteiger charge is -2.12. The van der Waals surface area contributed by atoms with E-state index >= 15 is 0 Å². The first-order valence-electron chi connectivity index (χ1n) is 4.66. The lowest BCUT2D eigenvalue weighted by atomic mass is 10.3. The lowest BCUT2D eigenvalue weighted by Crippen LogP contribution is -2.42. The highest BCUT2D eigenvalue weighted by Crippen LogP contribution is 1.81. The highest BCUT2D eigenvalue weighted by molar-refractivity contribution is 5.79. The summed E-state index contributed by atoms with van der Waals surface area (Å²) in [5.41, 5.74) is 0. The smallest absolute Gasteiger partial charge is 0.319 e. The number of amides is 1. The van der Waals surface area contributed by atoms with E-state index in [0.717, 1.165) is 0 Å². The van der Waals surface area contributed by atoms with Crippen molar-refractivity contribution < 1.29 is 19.1 Å². The van der Waals surface area contributed by atoms with Gasteiger partial charge >= 0.3 is 5.97 Å². The molecule has 0 aliphatic rings. The zero-order valence-electron chi connectivity index (χ0n) is 9.33. The molecule has 1 amide bonds. The van der Waals surface area contributed by atoms with Crippen LogP contribution in [0.25, 0.3) is 0 Å². The predicted molar refractivity (Wildman–Crippen MR) is 54.4 cm³/mol. The van der Waals surface area contributed by atoms with Crippen molar-refractivity contribution in [2.75, 3.05) is 33.9 Å². The van der Waals surface area contributed by atoms with Gasteiger partial charge in [0.25, 0.3) is 0 Å². The minimum absolute atomic E-state index is 0.0303. The van der Waals surface area contributed by atoms with Crippen molar-refractivity contribution in [1.29, 1.82) is 0 Å². The Kier molecular flexibility index (Phi) is 7.57. The van der Waals surface area contributed by atoms with Crippen LogP contribution in [0.2, 0.25) is 0 Å². The first kappa shape index (κ1) is 13.9. The van der Waals surface area contributed by atoms with Gasteiger partial charge in [-0.15, -0.1) is 0 Å². The average Bonchev–Trinajstić information content (AvgIpc) is 2.17. The number of esters is 1. The minimum Gasteiger partial charge on any atom is -0.468 e. The Hall–Kier alpha value is -1.14. The van der Waals surface area contributed by atoms with Gasteiger partial charge in [-0.1, -0.05) is 0 Å². The summed E-state index contributed by atoms with van der Waals surface area (Å²) in [5, 5.41) is 5.35. The van der Waals surface area contributed by atoms with Crippen LogP contribution in [-0.4, -0.2) is 51.8 Å². The van der Waals surface area contributed by atoms with Gasteiger partial charge in [-0.2, -0.15) is 0 Å². The molecule has 0 aromatic rings. The molecular formula is C9H18N2O4. The van der Waals surface area contributed by atoms with Crippen LogP contribution < -0.4 is 10.6 Å². The van der Waals surface area contributed by atoms with E-state index < -0.39 is 5.97 Å². The molecular weight excluding hydrogens is 200 g/mol. The highest BCUT2D eigenvalue weighted by Gasteiger charge is 2.07. The zero-order valence-corrected chi connectivity index (χ0v) is 9.33. The molecule has 0 fully saturated rings. The summed E-state index contributed by atoms with van der Waals surface area (Å²) in [4.78, 5) is 21.9. The summed E-state index contributed by atoms with van der Waals surface area (Å²) in [6.07, 6.45) is 0. The van der Waals surface area contributed by atoms with E-state index in [1.807, 2.05) is 6.92 Å². The molecule has 6 heteroatoms. The SMILES string of the molecule is COCC(C)NC(=O)CNCC(=O)OC. The highest BCUT2D eigenvalue weighted by atomic mass is 16.5. The lowest BCUT2D eigenvalue weighted by molar-refractivity contribution is -0.139. The van der Waals surface area contributed by atoms with Gasteiger partial charge in [0.2, 0.25) is 5.91 Å². The number of hydrogen-bond acceptors (Lipinski definition) is 5. The summed E-state index contributed by atoms with van der Waals surface area (Å²) in [6, 6.07) is -0.0394. The maximum absolute atomic E-state index is 11.2. The Morgan fingerprint density at radius 1 is 1.27 bits per heavy atom. The summed E-state index contributed by atoms with van der Waals surface area (Å²) in [5.74, 6) is -0.573. The van der Waals surface area contributed by atoms with Crippen LogP contribution in [0.3, 0.4) is 0 Å². The number of nitrogens with one attached hydrogen (secondary N) is 2. The van der Waals surface area contributed by atoms with Crippen molar-refractivity contribution >= 4 is 11.9 Å². The van der Waals surface area contributed by atoms with E-state index in [1.165, 1.54) is 7.11 Å². The third-order valence-corrected chi connectivity index (χ3v) is 1.61. The second-order valence-electron chi connectivity index (χ2n) is 3.10. The van der Waals surface area contributed by atoms with Gasteiger partial charge in [-0.3, -0.25) is 14.9 Å². The number of carbonyl (C=O) groups is 2. The number of methoxy groups -OCH3 is 2.